The maximum atomic E-state index is 13.0. The van der Waals surface area contributed by atoms with Crippen LogP contribution in [0.2, 0.25) is 0 Å². The number of methoxy groups -OCH3 is 2. The molecule has 0 aliphatic rings. The second-order valence-corrected chi connectivity index (χ2v) is 7.96. The van der Waals surface area contributed by atoms with Gasteiger partial charge >= 0.3 is 5.97 Å². The van der Waals surface area contributed by atoms with Crippen LogP contribution in [0.4, 0.5) is 5.69 Å². The van der Waals surface area contributed by atoms with Gasteiger partial charge in [-0.3, -0.25) is 9.52 Å². The number of carboxylic acids is 1. The largest absolute Gasteiger partial charge is 0.493 e. The molecule has 10 heteroatoms. The number of benzene rings is 2. The number of ether oxygens (including phenoxy) is 2. The number of hydrogen-bond acceptors (Lipinski definition) is 6. The lowest BCUT2D eigenvalue weighted by Crippen LogP contribution is -2.21. The van der Waals surface area contributed by atoms with Crippen LogP contribution in [0, 0.1) is 0 Å². The van der Waals surface area contributed by atoms with E-state index in [1.54, 1.807) is 14.1 Å². The summed E-state index contributed by atoms with van der Waals surface area (Å²) in [5.74, 6) is -1.30. The second-order valence-electron chi connectivity index (χ2n) is 6.31. The van der Waals surface area contributed by atoms with Gasteiger partial charge in [0.15, 0.2) is 11.5 Å². The predicted molar refractivity (Wildman–Crippen MR) is 111 cm³/mol. The van der Waals surface area contributed by atoms with Gasteiger partial charge in [0, 0.05) is 31.4 Å². The molecule has 1 amide bonds. The summed E-state index contributed by atoms with van der Waals surface area (Å²) in [4.78, 5) is 23.9. The molecule has 2 aromatic carbocycles. The highest BCUT2D eigenvalue weighted by Crippen LogP contribution is 2.37. The predicted octanol–water partition coefficient (Wildman–Crippen LogP) is 2.30. The average molecular weight is 434 g/mol. The number of nitrogens with one attached hydrogen (secondary N) is 1. The van der Waals surface area contributed by atoms with Crippen LogP contribution < -0.4 is 14.2 Å². The monoisotopic (exact) mass is 434 g/mol. The van der Waals surface area contributed by atoms with Gasteiger partial charge in [-0.25, -0.2) is 13.2 Å². The first-order chi connectivity index (χ1) is 14.1. The van der Waals surface area contributed by atoms with Gasteiger partial charge in [0.25, 0.3) is 15.9 Å². The van der Waals surface area contributed by atoms with Gasteiger partial charge in [-0.15, -0.1) is 0 Å². The van der Waals surface area contributed by atoms with Crippen molar-refractivity contribution >= 4 is 33.7 Å². The third-order valence-electron chi connectivity index (χ3n) is 3.97. The van der Waals surface area contributed by atoms with Crippen molar-refractivity contribution in [3.8, 4) is 11.5 Å². The van der Waals surface area contributed by atoms with E-state index in [-0.39, 0.29) is 28.0 Å². The summed E-state index contributed by atoms with van der Waals surface area (Å²) in [6.07, 6.45) is 2.12. The molecular weight excluding hydrogens is 412 g/mol. The molecule has 9 nitrogen and oxygen atoms in total. The molecule has 0 aliphatic carbocycles. The van der Waals surface area contributed by atoms with Crippen LogP contribution in [0.25, 0.3) is 6.08 Å². The lowest BCUT2D eigenvalue weighted by molar-refractivity contribution is -0.131. The van der Waals surface area contributed by atoms with Crippen LogP contribution in [0.1, 0.15) is 15.9 Å². The molecule has 0 saturated carbocycles. The van der Waals surface area contributed by atoms with Crippen molar-refractivity contribution < 1.29 is 32.6 Å². The number of anilines is 1. The van der Waals surface area contributed by atoms with Gasteiger partial charge < -0.3 is 19.5 Å². The van der Waals surface area contributed by atoms with E-state index in [0.717, 1.165) is 6.08 Å². The summed E-state index contributed by atoms with van der Waals surface area (Å²) in [5, 5.41) is 8.82. The Bertz CT molecular complexity index is 1080. The van der Waals surface area contributed by atoms with Crippen LogP contribution in [0.5, 0.6) is 11.5 Å². The molecule has 160 valence electrons. The fraction of sp³-hybridized carbons (Fsp3) is 0.200. The summed E-state index contributed by atoms with van der Waals surface area (Å²) < 4.78 is 38.8. The van der Waals surface area contributed by atoms with E-state index in [2.05, 4.69) is 4.72 Å². The first kappa shape index (κ1) is 22.8. The summed E-state index contributed by atoms with van der Waals surface area (Å²) in [5.41, 5.74) is 0.933. The number of sulfonamides is 1. The van der Waals surface area contributed by atoms with Crippen molar-refractivity contribution in [2.45, 2.75) is 4.90 Å². The fourth-order valence-corrected chi connectivity index (χ4v) is 3.84. The molecule has 0 bridgehead atoms. The Morgan fingerprint density at radius 3 is 2.20 bits per heavy atom. The van der Waals surface area contributed by atoms with Crippen molar-refractivity contribution in [3.05, 3.63) is 53.6 Å². The van der Waals surface area contributed by atoms with E-state index < -0.39 is 16.0 Å². The number of carbonyl (C=O) groups is 2. The van der Waals surface area contributed by atoms with Crippen molar-refractivity contribution in [1.82, 2.24) is 4.90 Å². The van der Waals surface area contributed by atoms with Crippen molar-refractivity contribution in [1.29, 1.82) is 0 Å². The number of hydrogen-bond donors (Lipinski definition) is 2. The van der Waals surface area contributed by atoms with Crippen LogP contribution >= 0.6 is 0 Å². The van der Waals surface area contributed by atoms with Crippen LogP contribution in [-0.4, -0.2) is 58.6 Å². The molecule has 0 heterocycles. The zero-order valence-electron chi connectivity index (χ0n) is 16.9. The van der Waals surface area contributed by atoms with Crippen LogP contribution in [0.15, 0.2) is 47.4 Å². The second kappa shape index (κ2) is 9.31. The van der Waals surface area contributed by atoms with E-state index in [1.807, 2.05) is 0 Å². The minimum Gasteiger partial charge on any atom is -0.493 e. The van der Waals surface area contributed by atoms with Crippen molar-refractivity contribution in [3.63, 3.8) is 0 Å². The van der Waals surface area contributed by atoms with Gasteiger partial charge in [0.05, 0.1) is 14.2 Å². The summed E-state index contributed by atoms with van der Waals surface area (Å²) in [6.45, 7) is 0. The Morgan fingerprint density at radius 1 is 1.07 bits per heavy atom. The molecule has 0 radical (unpaired) electrons. The third-order valence-corrected chi connectivity index (χ3v) is 5.35. The lowest BCUT2D eigenvalue weighted by Gasteiger charge is -2.16. The molecule has 0 saturated heterocycles. The standard InChI is InChI=1S/C20H22N2O7S/c1-22(2)20(25)14-6-8-15(9-7-14)21-30(26,27)17-12-13(5-10-18(23)24)11-16(28-3)19(17)29-4/h5-12,21H,1-4H3,(H,23,24)/b10-5+. The number of aliphatic carboxylic acids is 1. The highest BCUT2D eigenvalue weighted by Gasteiger charge is 2.24. The van der Waals surface area contributed by atoms with Crippen molar-refractivity contribution in [2.24, 2.45) is 0 Å². The fourth-order valence-electron chi connectivity index (χ4n) is 2.56. The Labute approximate surface area is 174 Å². The van der Waals surface area contributed by atoms with Gasteiger partial charge in [0.1, 0.15) is 4.90 Å². The zero-order valence-corrected chi connectivity index (χ0v) is 17.7. The van der Waals surface area contributed by atoms with E-state index in [9.17, 15) is 18.0 Å². The smallest absolute Gasteiger partial charge is 0.328 e. The molecule has 30 heavy (non-hydrogen) atoms. The molecule has 2 aromatic rings. The molecule has 0 aromatic heterocycles. The van der Waals surface area contributed by atoms with Crippen molar-refractivity contribution in [2.75, 3.05) is 33.0 Å². The Kier molecular flexibility index (Phi) is 7.06. The highest BCUT2D eigenvalue weighted by atomic mass is 32.2. The molecule has 0 fully saturated rings. The van der Waals surface area contributed by atoms with Gasteiger partial charge in [-0.05, 0) is 48.0 Å². The van der Waals surface area contributed by atoms with E-state index in [1.165, 1.54) is 61.6 Å². The number of rotatable bonds is 8. The number of nitrogens with zero attached hydrogens (tertiary/aromatic N) is 1. The minimum atomic E-state index is -4.13. The molecule has 2 N–H and O–H groups in total. The quantitative estimate of drug-likeness (QED) is 0.611. The first-order valence-corrected chi connectivity index (χ1v) is 10.1. The van der Waals surface area contributed by atoms with Crippen LogP contribution in [0.3, 0.4) is 0 Å². The molecular formula is C20H22N2O7S. The summed E-state index contributed by atoms with van der Waals surface area (Å²) >= 11 is 0. The van der Waals surface area contributed by atoms with Gasteiger partial charge in [0.2, 0.25) is 0 Å². The number of carboxylic acid groups (broad SMARTS) is 1. The topological polar surface area (TPSA) is 122 Å². The number of amides is 1. The molecule has 0 atom stereocenters. The molecule has 0 unspecified atom stereocenters. The van der Waals surface area contributed by atoms with Gasteiger partial charge in [-0.2, -0.15) is 0 Å². The first-order valence-electron chi connectivity index (χ1n) is 8.60. The molecule has 2 rings (SSSR count). The molecule has 0 aliphatic heterocycles. The minimum absolute atomic E-state index is 0.0307. The normalized spacial score (nSPS) is 11.2. The zero-order chi connectivity index (χ0) is 22.5. The molecule has 0 spiro atoms. The SMILES string of the molecule is COc1cc(/C=C/C(=O)O)cc(S(=O)(=O)Nc2ccc(C(=O)N(C)C)cc2)c1OC. The Morgan fingerprint density at radius 2 is 1.70 bits per heavy atom. The Balaban J connectivity index is 2.46. The maximum absolute atomic E-state index is 13.0. The summed E-state index contributed by atoms with van der Waals surface area (Å²) in [7, 11) is 1.74. The van der Waals surface area contributed by atoms with Gasteiger partial charge in [-0.1, -0.05) is 0 Å². The Hall–Kier alpha value is -3.53. The number of carbonyl (C=O) groups excluding carboxylic acids is 1. The lowest BCUT2D eigenvalue weighted by atomic mass is 10.2. The third kappa shape index (κ3) is 5.29. The van der Waals surface area contributed by atoms with E-state index in [0.29, 0.717) is 11.1 Å². The summed E-state index contributed by atoms with van der Waals surface area (Å²) in [6, 6.07) is 8.67. The average Bonchev–Trinajstić information content (AvgIpc) is 2.71. The van der Waals surface area contributed by atoms with E-state index in [4.69, 9.17) is 14.6 Å². The van der Waals surface area contributed by atoms with Crippen LogP contribution in [-0.2, 0) is 14.8 Å². The maximum Gasteiger partial charge on any atom is 0.328 e. The van der Waals surface area contributed by atoms with E-state index >= 15 is 0 Å². The highest BCUT2D eigenvalue weighted by molar-refractivity contribution is 7.92.